The quantitative estimate of drug-likeness (QED) is 0.443. The lowest BCUT2D eigenvalue weighted by Crippen LogP contribution is -2.28. The van der Waals surface area contributed by atoms with Gasteiger partial charge in [-0.25, -0.2) is 10.2 Å². The number of H-pyrrole nitrogens is 2. The summed E-state index contributed by atoms with van der Waals surface area (Å²) in [5, 5.41) is 3.91. The highest BCUT2D eigenvalue weighted by atomic mass is 16.5. The molecule has 0 bridgehead atoms. The standard InChI is InChI=1S/C18H22N4O6/c1-10-12(17(24)21-18(25)20-10)5-6-16(23)22-19-9-11-7-14(27-3)15(28-4)8-13(11)26-2/h7-9H,5-6H2,1-4H3,(H,22,23)(H2,20,21,24,25)/b19-9+. The van der Waals surface area contributed by atoms with Crippen LogP contribution in [-0.4, -0.2) is 43.4 Å². The highest BCUT2D eigenvalue weighted by Crippen LogP contribution is 2.33. The molecule has 28 heavy (non-hydrogen) atoms. The van der Waals surface area contributed by atoms with Gasteiger partial charge in [-0.1, -0.05) is 0 Å². The van der Waals surface area contributed by atoms with Crippen molar-refractivity contribution in [3.8, 4) is 17.2 Å². The van der Waals surface area contributed by atoms with Gasteiger partial charge in [0, 0.05) is 29.3 Å². The van der Waals surface area contributed by atoms with Crippen LogP contribution >= 0.6 is 0 Å². The minimum absolute atomic E-state index is 0.0242. The van der Waals surface area contributed by atoms with E-state index in [9.17, 15) is 14.4 Å². The first-order valence-electron chi connectivity index (χ1n) is 8.33. The number of hydrazone groups is 1. The monoisotopic (exact) mass is 390 g/mol. The van der Waals surface area contributed by atoms with E-state index >= 15 is 0 Å². The van der Waals surface area contributed by atoms with Gasteiger partial charge in [0.05, 0.1) is 27.5 Å². The number of amides is 1. The molecule has 0 aliphatic heterocycles. The van der Waals surface area contributed by atoms with Crippen LogP contribution in [-0.2, 0) is 11.2 Å². The fourth-order valence-electron chi connectivity index (χ4n) is 2.55. The number of nitrogens with zero attached hydrogens (tertiary/aromatic N) is 1. The Kier molecular flexibility index (Phi) is 6.96. The van der Waals surface area contributed by atoms with E-state index in [1.165, 1.54) is 27.5 Å². The summed E-state index contributed by atoms with van der Waals surface area (Å²) in [6.45, 7) is 1.60. The molecule has 3 N–H and O–H groups in total. The lowest BCUT2D eigenvalue weighted by molar-refractivity contribution is -0.121. The predicted octanol–water partition coefficient (Wildman–Crippen LogP) is 0.480. The van der Waals surface area contributed by atoms with Crippen molar-refractivity contribution in [1.29, 1.82) is 0 Å². The van der Waals surface area contributed by atoms with Crippen LogP contribution in [0.3, 0.4) is 0 Å². The third-order valence-electron chi connectivity index (χ3n) is 3.99. The second-order valence-corrected chi connectivity index (χ2v) is 5.75. The second-order valence-electron chi connectivity index (χ2n) is 5.75. The predicted molar refractivity (Wildman–Crippen MR) is 103 cm³/mol. The average Bonchev–Trinajstić information content (AvgIpc) is 2.66. The highest BCUT2D eigenvalue weighted by Gasteiger charge is 2.11. The Labute approximate surface area is 160 Å². The molecule has 0 saturated carbocycles. The average molecular weight is 390 g/mol. The van der Waals surface area contributed by atoms with Crippen LogP contribution in [0.1, 0.15) is 23.2 Å². The van der Waals surface area contributed by atoms with Gasteiger partial charge in [0.15, 0.2) is 11.5 Å². The summed E-state index contributed by atoms with van der Waals surface area (Å²) in [6, 6.07) is 3.31. The maximum Gasteiger partial charge on any atom is 0.325 e. The number of aromatic nitrogens is 2. The summed E-state index contributed by atoms with van der Waals surface area (Å²) < 4.78 is 15.7. The number of aryl methyl sites for hydroxylation is 1. The van der Waals surface area contributed by atoms with Gasteiger partial charge in [0.1, 0.15) is 5.75 Å². The summed E-state index contributed by atoms with van der Waals surface area (Å²) in [4.78, 5) is 39.6. The van der Waals surface area contributed by atoms with E-state index in [-0.39, 0.29) is 18.7 Å². The fraction of sp³-hybridized carbons (Fsp3) is 0.333. The van der Waals surface area contributed by atoms with E-state index in [0.717, 1.165) is 0 Å². The number of aromatic amines is 2. The second kappa shape index (κ2) is 9.40. The first-order valence-corrected chi connectivity index (χ1v) is 8.33. The molecule has 1 aromatic heterocycles. The molecule has 0 atom stereocenters. The Morgan fingerprint density at radius 2 is 1.71 bits per heavy atom. The van der Waals surface area contributed by atoms with E-state index in [1.807, 2.05) is 0 Å². The van der Waals surface area contributed by atoms with Gasteiger partial charge in [0.2, 0.25) is 5.91 Å². The number of hydrogen-bond acceptors (Lipinski definition) is 7. The van der Waals surface area contributed by atoms with Crippen LogP contribution in [0.15, 0.2) is 26.8 Å². The van der Waals surface area contributed by atoms with Crippen molar-refractivity contribution in [1.82, 2.24) is 15.4 Å². The minimum Gasteiger partial charge on any atom is -0.496 e. The number of carbonyl (C=O) groups is 1. The van der Waals surface area contributed by atoms with Gasteiger partial charge < -0.3 is 19.2 Å². The maximum absolute atomic E-state index is 12.0. The molecule has 150 valence electrons. The van der Waals surface area contributed by atoms with E-state index in [1.54, 1.807) is 19.1 Å². The number of benzene rings is 1. The SMILES string of the molecule is COc1cc(OC)c(OC)cc1/C=N/NC(=O)CCc1c(C)[nH]c(=O)[nH]c1=O. The first kappa shape index (κ1) is 20.7. The van der Waals surface area contributed by atoms with Crippen molar-refractivity contribution in [2.24, 2.45) is 5.10 Å². The molecule has 0 aliphatic carbocycles. The smallest absolute Gasteiger partial charge is 0.325 e. The van der Waals surface area contributed by atoms with Gasteiger partial charge in [-0.15, -0.1) is 0 Å². The summed E-state index contributed by atoms with van der Waals surface area (Å²) >= 11 is 0. The first-order chi connectivity index (χ1) is 13.4. The third kappa shape index (κ3) is 5.00. The lowest BCUT2D eigenvalue weighted by atomic mass is 10.1. The molecule has 1 amide bonds. The van der Waals surface area contributed by atoms with Crippen molar-refractivity contribution in [3.05, 3.63) is 49.8 Å². The summed E-state index contributed by atoms with van der Waals surface area (Å²) in [7, 11) is 4.52. The Bertz CT molecular complexity index is 993. The zero-order chi connectivity index (χ0) is 20.7. The van der Waals surface area contributed by atoms with Crippen molar-refractivity contribution >= 4 is 12.1 Å². The normalized spacial score (nSPS) is 10.7. The third-order valence-corrected chi connectivity index (χ3v) is 3.99. The largest absolute Gasteiger partial charge is 0.496 e. The molecule has 2 rings (SSSR count). The van der Waals surface area contributed by atoms with Gasteiger partial charge in [-0.2, -0.15) is 5.10 Å². The number of rotatable bonds is 8. The molecule has 10 nitrogen and oxygen atoms in total. The van der Waals surface area contributed by atoms with E-state index in [2.05, 4.69) is 20.5 Å². The van der Waals surface area contributed by atoms with Crippen LogP contribution in [0.5, 0.6) is 17.2 Å². The Hall–Kier alpha value is -3.56. The Balaban J connectivity index is 2.04. The van der Waals surface area contributed by atoms with Crippen LogP contribution < -0.4 is 30.9 Å². The van der Waals surface area contributed by atoms with Gasteiger partial charge in [-0.3, -0.25) is 14.6 Å². The number of nitrogens with one attached hydrogen (secondary N) is 3. The van der Waals surface area contributed by atoms with Crippen molar-refractivity contribution in [3.63, 3.8) is 0 Å². The topological polar surface area (TPSA) is 135 Å². The van der Waals surface area contributed by atoms with Crippen molar-refractivity contribution < 1.29 is 19.0 Å². The zero-order valence-electron chi connectivity index (χ0n) is 16.0. The van der Waals surface area contributed by atoms with Gasteiger partial charge in [0.25, 0.3) is 5.56 Å². The summed E-state index contributed by atoms with van der Waals surface area (Å²) in [6.07, 6.45) is 1.60. The molecule has 1 heterocycles. The number of methoxy groups -OCH3 is 3. The molecule has 2 aromatic rings. The number of hydrogen-bond donors (Lipinski definition) is 3. The lowest BCUT2D eigenvalue weighted by Gasteiger charge is -2.11. The van der Waals surface area contributed by atoms with Gasteiger partial charge in [-0.05, 0) is 19.4 Å². The molecular weight excluding hydrogens is 368 g/mol. The summed E-state index contributed by atoms with van der Waals surface area (Å²) in [5.74, 6) is 1.10. The minimum atomic E-state index is -0.579. The molecular formula is C18H22N4O6. The molecule has 0 spiro atoms. The molecule has 0 saturated heterocycles. The van der Waals surface area contributed by atoms with E-state index in [4.69, 9.17) is 14.2 Å². The van der Waals surface area contributed by atoms with Crippen molar-refractivity contribution in [2.75, 3.05) is 21.3 Å². The van der Waals surface area contributed by atoms with Crippen LogP contribution in [0.2, 0.25) is 0 Å². The fourth-order valence-corrected chi connectivity index (χ4v) is 2.55. The van der Waals surface area contributed by atoms with E-state index in [0.29, 0.717) is 34.1 Å². The van der Waals surface area contributed by atoms with Crippen LogP contribution in [0.4, 0.5) is 0 Å². The van der Waals surface area contributed by atoms with Crippen LogP contribution in [0.25, 0.3) is 0 Å². The van der Waals surface area contributed by atoms with Gasteiger partial charge >= 0.3 is 5.69 Å². The molecule has 0 fully saturated rings. The van der Waals surface area contributed by atoms with Crippen LogP contribution in [0, 0.1) is 6.92 Å². The molecule has 1 aromatic carbocycles. The summed E-state index contributed by atoms with van der Waals surface area (Å²) in [5.41, 5.74) is 2.66. The van der Waals surface area contributed by atoms with E-state index < -0.39 is 11.2 Å². The Morgan fingerprint density at radius 1 is 1.07 bits per heavy atom. The number of ether oxygens (including phenoxy) is 3. The molecule has 0 radical (unpaired) electrons. The Morgan fingerprint density at radius 3 is 2.32 bits per heavy atom. The number of carbonyl (C=O) groups excluding carboxylic acids is 1. The maximum atomic E-state index is 12.0. The molecule has 10 heteroatoms. The zero-order valence-corrected chi connectivity index (χ0v) is 16.0. The molecule has 0 unspecified atom stereocenters. The molecule has 0 aliphatic rings. The van der Waals surface area contributed by atoms with Crippen molar-refractivity contribution in [2.45, 2.75) is 19.8 Å². The highest BCUT2D eigenvalue weighted by molar-refractivity contribution is 5.86.